The fourth-order valence-electron chi connectivity index (χ4n) is 2.61. The van der Waals surface area contributed by atoms with Gasteiger partial charge in [-0.2, -0.15) is 4.31 Å². The summed E-state index contributed by atoms with van der Waals surface area (Å²) in [5.74, 6) is 0.216. The summed E-state index contributed by atoms with van der Waals surface area (Å²) >= 11 is 0. The molecule has 2 fully saturated rings. The quantitative estimate of drug-likeness (QED) is 0.835. The second-order valence-corrected chi connectivity index (χ2v) is 7.34. The van der Waals surface area contributed by atoms with Crippen molar-refractivity contribution in [2.45, 2.75) is 4.90 Å². The zero-order valence-electron chi connectivity index (χ0n) is 11.7. The number of rotatable bonds is 3. The van der Waals surface area contributed by atoms with Crippen LogP contribution in [0.3, 0.4) is 0 Å². The molecule has 0 radical (unpaired) electrons. The van der Waals surface area contributed by atoms with Gasteiger partial charge in [-0.1, -0.05) is 18.2 Å². The molecule has 2 heterocycles. The predicted molar refractivity (Wildman–Crippen MR) is 78.1 cm³/mol. The van der Waals surface area contributed by atoms with Gasteiger partial charge in [-0.3, -0.25) is 4.79 Å². The predicted octanol–water partition coefficient (Wildman–Crippen LogP) is -0.261. The van der Waals surface area contributed by atoms with Crippen molar-refractivity contribution in [2.24, 2.45) is 5.92 Å². The molecular formula is C14H19N3O3S. The highest BCUT2D eigenvalue weighted by Gasteiger charge is 2.34. The summed E-state index contributed by atoms with van der Waals surface area (Å²) in [6.07, 6.45) is 0. The maximum atomic E-state index is 12.5. The Morgan fingerprint density at radius 2 is 1.67 bits per heavy atom. The molecule has 0 atom stereocenters. The van der Waals surface area contributed by atoms with Crippen molar-refractivity contribution >= 4 is 15.9 Å². The number of hydrogen-bond acceptors (Lipinski definition) is 4. The van der Waals surface area contributed by atoms with Gasteiger partial charge in [0.05, 0.1) is 10.8 Å². The zero-order chi connectivity index (χ0) is 14.9. The average molecular weight is 309 g/mol. The van der Waals surface area contributed by atoms with Gasteiger partial charge in [0.15, 0.2) is 0 Å². The molecule has 0 unspecified atom stereocenters. The van der Waals surface area contributed by atoms with E-state index in [0.717, 1.165) is 13.1 Å². The summed E-state index contributed by atoms with van der Waals surface area (Å²) < 4.78 is 26.4. The molecule has 1 N–H and O–H groups in total. The lowest BCUT2D eigenvalue weighted by Gasteiger charge is -2.37. The van der Waals surface area contributed by atoms with Crippen LogP contribution in [0.5, 0.6) is 0 Å². The average Bonchev–Trinajstić information content (AvgIpc) is 2.46. The number of nitrogens with zero attached hydrogens (tertiary/aromatic N) is 2. The molecule has 2 aliphatic heterocycles. The number of amides is 1. The lowest BCUT2D eigenvalue weighted by atomic mass is 10.0. The normalized spacial score (nSPS) is 21.0. The lowest BCUT2D eigenvalue weighted by Crippen LogP contribution is -2.57. The van der Waals surface area contributed by atoms with Gasteiger partial charge in [0.2, 0.25) is 15.9 Å². The highest BCUT2D eigenvalue weighted by atomic mass is 32.2. The molecular weight excluding hydrogens is 290 g/mol. The van der Waals surface area contributed by atoms with E-state index in [4.69, 9.17) is 0 Å². The molecule has 21 heavy (non-hydrogen) atoms. The maximum absolute atomic E-state index is 12.5. The summed E-state index contributed by atoms with van der Waals surface area (Å²) in [7, 11) is -3.44. The zero-order valence-corrected chi connectivity index (χ0v) is 12.6. The van der Waals surface area contributed by atoms with Crippen molar-refractivity contribution in [1.82, 2.24) is 14.5 Å². The minimum atomic E-state index is -3.44. The highest BCUT2D eigenvalue weighted by molar-refractivity contribution is 7.89. The maximum Gasteiger partial charge on any atom is 0.243 e. The second kappa shape index (κ2) is 5.75. The van der Waals surface area contributed by atoms with Gasteiger partial charge in [0.1, 0.15) is 0 Å². The van der Waals surface area contributed by atoms with E-state index in [9.17, 15) is 13.2 Å². The standard InChI is InChI=1S/C14H19N3O3S/c18-14(12-10-15-11-12)16-6-8-17(9-7-16)21(19,20)13-4-2-1-3-5-13/h1-5,12,15H,6-11H2. The molecule has 1 aromatic carbocycles. The summed E-state index contributed by atoms with van der Waals surface area (Å²) in [5, 5.41) is 3.08. The van der Waals surface area contributed by atoms with Gasteiger partial charge in [0.25, 0.3) is 0 Å². The molecule has 3 rings (SSSR count). The van der Waals surface area contributed by atoms with Gasteiger partial charge in [-0.15, -0.1) is 0 Å². The Labute approximate surface area is 124 Å². The Kier molecular flexibility index (Phi) is 3.97. The topological polar surface area (TPSA) is 69.7 Å². The molecule has 0 saturated carbocycles. The van der Waals surface area contributed by atoms with Crippen LogP contribution in [0.25, 0.3) is 0 Å². The monoisotopic (exact) mass is 309 g/mol. The van der Waals surface area contributed by atoms with E-state index in [0.29, 0.717) is 31.1 Å². The Morgan fingerprint density at radius 1 is 1.05 bits per heavy atom. The van der Waals surface area contributed by atoms with Crippen LogP contribution >= 0.6 is 0 Å². The number of piperazine rings is 1. The molecule has 0 aliphatic carbocycles. The van der Waals surface area contributed by atoms with E-state index >= 15 is 0 Å². The first-order valence-corrected chi connectivity index (χ1v) is 8.58. The molecule has 2 aliphatic rings. The number of carbonyl (C=O) groups excluding carboxylic acids is 1. The van der Waals surface area contributed by atoms with Crippen LogP contribution < -0.4 is 5.32 Å². The summed E-state index contributed by atoms with van der Waals surface area (Å²) in [4.78, 5) is 14.2. The van der Waals surface area contributed by atoms with Gasteiger partial charge >= 0.3 is 0 Å². The number of sulfonamides is 1. The van der Waals surface area contributed by atoms with Crippen LogP contribution in [0.1, 0.15) is 0 Å². The molecule has 6 nitrogen and oxygen atoms in total. The number of carbonyl (C=O) groups is 1. The molecule has 7 heteroatoms. The third kappa shape index (κ3) is 2.81. The van der Waals surface area contributed by atoms with Crippen molar-refractivity contribution in [3.8, 4) is 0 Å². The third-order valence-electron chi connectivity index (χ3n) is 4.06. The van der Waals surface area contributed by atoms with Crippen LogP contribution in [-0.4, -0.2) is 62.8 Å². The van der Waals surface area contributed by atoms with Crippen molar-refractivity contribution in [3.63, 3.8) is 0 Å². The van der Waals surface area contributed by atoms with E-state index in [1.807, 2.05) is 0 Å². The summed E-state index contributed by atoms with van der Waals surface area (Å²) in [6, 6.07) is 8.44. The molecule has 1 aromatic rings. The first-order chi connectivity index (χ1) is 10.1. The van der Waals surface area contributed by atoms with Gasteiger partial charge < -0.3 is 10.2 Å². The van der Waals surface area contributed by atoms with E-state index in [-0.39, 0.29) is 11.8 Å². The SMILES string of the molecule is O=C(C1CNC1)N1CCN(S(=O)(=O)c2ccccc2)CC1. The summed E-state index contributed by atoms with van der Waals surface area (Å²) in [5.41, 5.74) is 0. The molecule has 1 amide bonds. The van der Waals surface area contributed by atoms with Crippen LogP contribution in [-0.2, 0) is 14.8 Å². The van der Waals surface area contributed by atoms with Gasteiger partial charge in [-0.05, 0) is 12.1 Å². The largest absolute Gasteiger partial charge is 0.340 e. The minimum absolute atomic E-state index is 0.0716. The number of nitrogens with one attached hydrogen (secondary N) is 1. The van der Waals surface area contributed by atoms with Gasteiger partial charge in [-0.25, -0.2) is 8.42 Å². The van der Waals surface area contributed by atoms with E-state index in [1.54, 1.807) is 35.2 Å². The van der Waals surface area contributed by atoms with E-state index < -0.39 is 10.0 Å². The van der Waals surface area contributed by atoms with Crippen LogP contribution in [0.4, 0.5) is 0 Å². The Balaban J connectivity index is 1.64. The van der Waals surface area contributed by atoms with Crippen molar-refractivity contribution < 1.29 is 13.2 Å². The van der Waals surface area contributed by atoms with Crippen molar-refractivity contribution in [2.75, 3.05) is 39.3 Å². The Morgan fingerprint density at radius 3 is 2.19 bits per heavy atom. The molecule has 114 valence electrons. The fraction of sp³-hybridized carbons (Fsp3) is 0.500. The number of hydrogen-bond donors (Lipinski definition) is 1. The molecule has 0 bridgehead atoms. The van der Waals surface area contributed by atoms with Crippen molar-refractivity contribution in [1.29, 1.82) is 0 Å². The summed E-state index contributed by atoms with van der Waals surface area (Å²) in [6.45, 7) is 3.15. The smallest absolute Gasteiger partial charge is 0.243 e. The van der Waals surface area contributed by atoms with Gasteiger partial charge in [0, 0.05) is 39.3 Å². The van der Waals surface area contributed by atoms with Crippen LogP contribution in [0.15, 0.2) is 35.2 Å². The first-order valence-electron chi connectivity index (χ1n) is 7.14. The Hall–Kier alpha value is -1.44. The van der Waals surface area contributed by atoms with Crippen LogP contribution in [0.2, 0.25) is 0 Å². The van der Waals surface area contributed by atoms with E-state index in [2.05, 4.69) is 5.32 Å². The van der Waals surface area contributed by atoms with E-state index in [1.165, 1.54) is 4.31 Å². The number of benzene rings is 1. The molecule has 0 spiro atoms. The third-order valence-corrected chi connectivity index (χ3v) is 5.97. The molecule has 0 aromatic heterocycles. The van der Waals surface area contributed by atoms with Crippen LogP contribution in [0, 0.1) is 5.92 Å². The second-order valence-electron chi connectivity index (χ2n) is 5.40. The van der Waals surface area contributed by atoms with Crippen molar-refractivity contribution in [3.05, 3.63) is 30.3 Å². The highest BCUT2D eigenvalue weighted by Crippen LogP contribution is 2.18. The lowest BCUT2D eigenvalue weighted by molar-refractivity contribution is -0.138. The fourth-order valence-corrected chi connectivity index (χ4v) is 4.06. The Bertz CT molecular complexity index is 606. The minimum Gasteiger partial charge on any atom is -0.340 e. The first kappa shape index (κ1) is 14.5. The molecule has 2 saturated heterocycles.